The quantitative estimate of drug-likeness (QED) is 0.790. The summed E-state index contributed by atoms with van der Waals surface area (Å²) in [5.74, 6) is 2.05. The van der Waals surface area contributed by atoms with Gasteiger partial charge in [-0.05, 0) is 38.2 Å². The number of benzene rings is 1. The van der Waals surface area contributed by atoms with Crippen LogP contribution in [0, 0.1) is 0 Å². The average molecular weight is 247 g/mol. The van der Waals surface area contributed by atoms with Crippen LogP contribution in [0.4, 0.5) is 0 Å². The van der Waals surface area contributed by atoms with Crippen LogP contribution in [0.2, 0.25) is 0 Å². The van der Waals surface area contributed by atoms with Crippen LogP contribution in [0.15, 0.2) is 28.8 Å². The van der Waals surface area contributed by atoms with E-state index in [1.54, 1.807) is 7.11 Å². The van der Waals surface area contributed by atoms with Gasteiger partial charge in [0.25, 0.3) is 5.89 Å². The van der Waals surface area contributed by atoms with E-state index in [4.69, 9.17) is 9.26 Å². The number of hydrogen-bond acceptors (Lipinski definition) is 5. The van der Waals surface area contributed by atoms with Gasteiger partial charge >= 0.3 is 0 Å². The molecule has 18 heavy (non-hydrogen) atoms. The van der Waals surface area contributed by atoms with E-state index in [0.29, 0.717) is 5.89 Å². The molecule has 2 rings (SSSR count). The van der Waals surface area contributed by atoms with E-state index in [-0.39, 0.29) is 0 Å². The molecule has 1 N–H and O–H groups in total. The van der Waals surface area contributed by atoms with Gasteiger partial charge in [0.15, 0.2) is 5.82 Å². The first-order chi connectivity index (χ1) is 8.83. The van der Waals surface area contributed by atoms with Crippen molar-refractivity contribution in [1.29, 1.82) is 0 Å². The summed E-state index contributed by atoms with van der Waals surface area (Å²) in [6, 6.07) is 7.59. The number of ether oxygens (including phenoxy) is 1. The molecule has 1 heterocycles. The molecule has 5 heteroatoms. The number of rotatable bonds is 6. The third-order valence-corrected chi connectivity index (χ3v) is 2.61. The lowest BCUT2D eigenvalue weighted by Crippen LogP contribution is -2.08. The Bertz CT molecular complexity index is 496. The average Bonchev–Trinajstić information content (AvgIpc) is 2.88. The Morgan fingerprint density at radius 2 is 2.28 bits per heavy atom. The topological polar surface area (TPSA) is 60.2 Å². The van der Waals surface area contributed by atoms with Gasteiger partial charge < -0.3 is 14.6 Å². The van der Waals surface area contributed by atoms with Crippen molar-refractivity contribution in [1.82, 2.24) is 15.5 Å². The Hall–Kier alpha value is -1.88. The number of aromatic nitrogens is 2. The summed E-state index contributed by atoms with van der Waals surface area (Å²) in [6.07, 6.45) is 1.81. The molecule has 1 aromatic heterocycles. The van der Waals surface area contributed by atoms with Gasteiger partial charge in [0.2, 0.25) is 0 Å². The maximum atomic E-state index is 5.24. The molecule has 0 amide bonds. The summed E-state index contributed by atoms with van der Waals surface area (Å²) < 4.78 is 10.4. The molecule has 5 nitrogen and oxygen atoms in total. The van der Waals surface area contributed by atoms with Crippen LogP contribution in [0.5, 0.6) is 5.75 Å². The van der Waals surface area contributed by atoms with Crippen LogP contribution < -0.4 is 10.1 Å². The van der Waals surface area contributed by atoms with E-state index in [9.17, 15) is 0 Å². The van der Waals surface area contributed by atoms with Crippen LogP contribution in [0.3, 0.4) is 0 Å². The smallest absolute Gasteiger partial charge is 0.258 e. The van der Waals surface area contributed by atoms with Crippen LogP contribution in [-0.2, 0) is 6.42 Å². The van der Waals surface area contributed by atoms with Crippen molar-refractivity contribution in [3.05, 3.63) is 30.1 Å². The number of nitrogens with zero attached hydrogens (tertiary/aromatic N) is 2. The summed E-state index contributed by atoms with van der Waals surface area (Å²) in [6.45, 7) is 0.947. The Morgan fingerprint density at radius 3 is 3.06 bits per heavy atom. The molecule has 0 saturated heterocycles. The van der Waals surface area contributed by atoms with E-state index >= 15 is 0 Å². The summed E-state index contributed by atoms with van der Waals surface area (Å²) in [4.78, 5) is 4.37. The first-order valence-corrected chi connectivity index (χ1v) is 5.95. The minimum absolute atomic E-state index is 0.536. The Labute approximate surface area is 106 Å². The van der Waals surface area contributed by atoms with Gasteiger partial charge in [0.05, 0.1) is 7.11 Å². The second kappa shape index (κ2) is 6.16. The largest absolute Gasteiger partial charge is 0.497 e. The van der Waals surface area contributed by atoms with Crippen molar-refractivity contribution in [2.75, 3.05) is 20.7 Å². The zero-order valence-corrected chi connectivity index (χ0v) is 10.6. The highest BCUT2D eigenvalue weighted by atomic mass is 16.5. The molecule has 0 fully saturated rings. The van der Waals surface area contributed by atoms with Crippen LogP contribution >= 0.6 is 0 Å². The molecule has 0 aliphatic heterocycles. The predicted octanol–water partition coefficient (Wildman–Crippen LogP) is 1.90. The Kier molecular flexibility index (Phi) is 4.30. The standard InChI is InChI=1S/C13H17N3O2/c1-14-8-4-7-12-15-13(18-16-12)10-5-3-6-11(9-10)17-2/h3,5-6,9,14H,4,7-8H2,1-2H3. The van der Waals surface area contributed by atoms with Gasteiger partial charge in [-0.1, -0.05) is 11.2 Å². The van der Waals surface area contributed by atoms with E-state index in [1.165, 1.54) is 0 Å². The molecule has 0 radical (unpaired) electrons. The maximum absolute atomic E-state index is 5.24. The number of hydrogen-bond donors (Lipinski definition) is 1. The van der Waals surface area contributed by atoms with Crippen LogP contribution in [0.1, 0.15) is 12.2 Å². The van der Waals surface area contributed by atoms with E-state index in [0.717, 1.165) is 36.5 Å². The van der Waals surface area contributed by atoms with Gasteiger partial charge in [-0.3, -0.25) is 0 Å². The van der Waals surface area contributed by atoms with Crippen molar-refractivity contribution >= 4 is 0 Å². The van der Waals surface area contributed by atoms with Gasteiger partial charge in [0, 0.05) is 12.0 Å². The molecule has 0 aliphatic carbocycles. The molecule has 0 bridgehead atoms. The monoisotopic (exact) mass is 247 g/mol. The maximum Gasteiger partial charge on any atom is 0.258 e. The number of methoxy groups -OCH3 is 1. The third-order valence-electron chi connectivity index (χ3n) is 2.61. The fourth-order valence-corrected chi connectivity index (χ4v) is 1.65. The van der Waals surface area contributed by atoms with E-state index in [2.05, 4.69) is 15.5 Å². The normalized spacial score (nSPS) is 10.6. The van der Waals surface area contributed by atoms with E-state index < -0.39 is 0 Å². The summed E-state index contributed by atoms with van der Waals surface area (Å²) in [7, 11) is 3.56. The van der Waals surface area contributed by atoms with Crippen molar-refractivity contribution in [3.63, 3.8) is 0 Å². The third kappa shape index (κ3) is 3.07. The lowest BCUT2D eigenvalue weighted by molar-refractivity contribution is 0.412. The summed E-state index contributed by atoms with van der Waals surface area (Å²) in [5, 5.41) is 7.05. The summed E-state index contributed by atoms with van der Waals surface area (Å²) in [5.41, 5.74) is 0.877. The SMILES string of the molecule is CNCCCc1noc(-c2cccc(OC)c2)n1. The molecule has 1 aromatic carbocycles. The zero-order chi connectivity index (χ0) is 12.8. The Morgan fingerprint density at radius 1 is 1.39 bits per heavy atom. The highest BCUT2D eigenvalue weighted by Crippen LogP contribution is 2.22. The minimum Gasteiger partial charge on any atom is -0.497 e. The van der Waals surface area contributed by atoms with Crippen LogP contribution in [0.25, 0.3) is 11.5 Å². The lowest BCUT2D eigenvalue weighted by Gasteiger charge is -1.99. The van der Waals surface area contributed by atoms with Gasteiger partial charge in [-0.25, -0.2) is 0 Å². The van der Waals surface area contributed by atoms with Gasteiger partial charge in [-0.15, -0.1) is 0 Å². The van der Waals surface area contributed by atoms with Crippen molar-refractivity contribution in [2.45, 2.75) is 12.8 Å². The molecule has 2 aromatic rings. The molecule has 0 atom stereocenters. The summed E-state index contributed by atoms with van der Waals surface area (Å²) >= 11 is 0. The second-order valence-electron chi connectivity index (χ2n) is 3.95. The predicted molar refractivity (Wildman–Crippen MR) is 68.5 cm³/mol. The van der Waals surface area contributed by atoms with Crippen molar-refractivity contribution < 1.29 is 9.26 Å². The number of aryl methyl sites for hydroxylation is 1. The fourth-order valence-electron chi connectivity index (χ4n) is 1.65. The highest BCUT2D eigenvalue weighted by molar-refractivity contribution is 5.55. The lowest BCUT2D eigenvalue weighted by atomic mass is 10.2. The zero-order valence-electron chi connectivity index (χ0n) is 10.6. The van der Waals surface area contributed by atoms with Crippen LogP contribution in [-0.4, -0.2) is 30.8 Å². The van der Waals surface area contributed by atoms with Crippen molar-refractivity contribution in [2.24, 2.45) is 0 Å². The molecule has 0 spiro atoms. The van der Waals surface area contributed by atoms with Gasteiger partial charge in [0.1, 0.15) is 5.75 Å². The molecular formula is C13H17N3O2. The minimum atomic E-state index is 0.536. The molecule has 0 saturated carbocycles. The first kappa shape index (κ1) is 12.6. The molecule has 0 aliphatic rings. The molecule has 0 unspecified atom stereocenters. The molecule has 96 valence electrons. The van der Waals surface area contributed by atoms with Crippen molar-refractivity contribution in [3.8, 4) is 17.2 Å². The fraction of sp³-hybridized carbons (Fsp3) is 0.385. The second-order valence-corrected chi connectivity index (χ2v) is 3.95. The Balaban J connectivity index is 2.08. The first-order valence-electron chi connectivity index (χ1n) is 5.95. The molecular weight excluding hydrogens is 230 g/mol. The number of nitrogens with one attached hydrogen (secondary N) is 1. The van der Waals surface area contributed by atoms with Gasteiger partial charge in [-0.2, -0.15) is 4.98 Å². The highest BCUT2D eigenvalue weighted by Gasteiger charge is 2.09. The van der Waals surface area contributed by atoms with E-state index in [1.807, 2.05) is 31.3 Å².